The van der Waals surface area contributed by atoms with Gasteiger partial charge in [-0.3, -0.25) is 4.79 Å². The molecule has 108 valence electrons. The van der Waals surface area contributed by atoms with Gasteiger partial charge < -0.3 is 10.6 Å². The summed E-state index contributed by atoms with van der Waals surface area (Å²) >= 11 is 0. The third-order valence-electron chi connectivity index (χ3n) is 3.32. The van der Waals surface area contributed by atoms with Crippen LogP contribution in [0, 0.1) is 11.3 Å². The highest BCUT2D eigenvalue weighted by atomic mass is 35.5. The summed E-state index contributed by atoms with van der Waals surface area (Å²) < 4.78 is 0. The summed E-state index contributed by atoms with van der Waals surface area (Å²) in [6, 6.07) is 0. The van der Waals surface area contributed by atoms with Crippen LogP contribution in [-0.2, 0) is 4.79 Å². The number of hydrogen-bond donors (Lipinski definition) is 2. The number of carbonyl (C=O) groups is 1. The molecule has 1 atom stereocenters. The number of amides is 1. The first-order valence-corrected chi connectivity index (χ1v) is 6.97. The van der Waals surface area contributed by atoms with Gasteiger partial charge in [-0.2, -0.15) is 0 Å². The van der Waals surface area contributed by atoms with Crippen LogP contribution in [-0.4, -0.2) is 25.5 Å². The Kier molecular flexibility index (Phi) is 8.62. The molecule has 0 aromatic heterocycles. The molecule has 1 heterocycles. The average molecular weight is 277 g/mol. The third kappa shape index (κ3) is 7.93. The molecule has 1 amide bonds. The molecule has 1 aliphatic heterocycles. The summed E-state index contributed by atoms with van der Waals surface area (Å²) in [7, 11) is 0. The van der Waals surface area contributed by atoms with E-state index >= 15 is 0 Å². The van der Waals surface area contributed by atoms with Gasteiger partial charge in [-0.1, -0.05) is 27.2 Å². The molecular formula is C14H29ClN2O. The Bertz CT molecular complexity index is 232. The molecule has 0 bridgehead atoms. The Hall–Kier alpha value is -0.280. The third-order valence-corrected chi connectivity index (χ3v) is 3.32. The first-order valence-electron chi connectivity index (χ1n) is 6.97. The summed E-state index contributed by atoms with van der Waals surface area (Å²) in [5.41, 5.74) is 0.414. The molecule has 1 saturated heterocycles. The summed E-state index contributed by atoms with van der Waals surface area (Å²) in [6.07, 6.45) is 5.70. The van der Waals surface area contributed by atoms with Gasteiger partial charge in [-0.05, 0) is 37.6 Å². The van der Waals surface area contributed by atoms with Crippen molar-refractivity contribution in [2.45, 2.75) is 52.9 Å². The van der Waals surface area contributed by atoms with Crippen molar-refractivity contribution in [3.05, 3.63) is 0 Å². The number of nitrogens with one attached hydrogen (secondary N) is 2. The second-order valence-electron chi connectivity index (χ2n) is 6.35. The summed E-state index contributed by atoms with van der Waals surface area (Å²) in [5, 5.41) is 6.34. The van der Waals surface area contributed by atoms with E-state index in [2.05, 4.69) is 31.4 Å². The minimum Gasteiger partial charge on any atom is -0.356 e. The zero-order valence-electron chi connectivity index (χ0n) is 12.1. The van der Waals surface area contributed by atoms with E-state index in [1.807, 2.05) is 0 Å². The summed E-state index contributed by atoms with van der Waals surface area (Å²) in [4.78, 5) is 11.8. The molecule has 18 heavy (non-hydrogen) atoms. The second-order valence-corrected chi connectivity index (χ2v) is 6.35. The molecule has 1 unspecified atom stereocenters. The van der Waals surface area contributed by atoms with Crippen LogP contribution in [0.2, 0.25) is 0 Å². The van der Waals surface area contributed by atoms with E-state index in [-0.39, 0.29) is 24.2 Å². The lowest BCUT2D eigenvalue weighted by molar-refractivity contribution is -0.125. The van der Waals surface area contributed by atoms with E-state index in [0.717, 1.165) is 38.9 Å². The maximum absolute atomic E-state index is 11.8. The van der Waals surface area contributed by atoms with Crippen LogP contribution in [0.5, 0.6) is 0 Å². The summed E-state index contributed by atoms with van der Waals surface area (Å²) in [5.74, 6) is 0.444. The predicted octanol–water partition coefficient (Wildman–Crippen LogP) is 2.74. The van der Waals surface area contributed by atoms with E-state index in [9.17, 15) is 4.79 Å². The lowest BCUT2D eigenvalue weighted by atomic mass is 9.90. The molecule has 0 aliphatic carbocycles. The van der Waals surface area contributed by atoms with Crippen molar-refractivity contribution in [2.75, 3.05) is 19.6 Å². The number of rotatable bonds is 5. The molecule has 1 fully saturated rings. The van der Waals surface area contributed by atoms with Gasteiger partial charge in [0.05, 0.1) is 5.92 Å². The van der Waals surface area contributed by atoms with Crippen LogP contribution in [0.4, 0.5) is 0 Å². The highest BCUT2D eigenvalue weighted by Crippen LogP contribution is 2.21. The Labute approximate surface area is 118 Å². The van der Waals surface area contributed by atoms with Crippen molar-refractivity contribution < 1.29 is 4.79 Å². The molecular weight excluding hydrogens is 248 g/mol. The van der Waals surface area contributed by atoms with Crippen molar-refractivity contribution in [1.29, 1.82) is 0 Å². The number of unbranched alkanes of at least 4 members (excludes halogenated alkanes) is 1. The van der Waals surface area contributed by atoms with Crippen LogP contribution in [0.25, 0.3) is 0 Å². The number of piperidine rings is 1. The Morgan fingerprint density at radius 2 is 2.06 bits per heavy atom. The van der Waals surface area contributed by atoms with E-state index in [0.29, 0.717) is 5.41 Å². The smallest absolute Gasteiger partial charge is 0.224 e. The van der Waals surface area contributed by atoms with E-state index < -0.39 is 0 Å². The van der Waals surface area contributed by atoms with E-state index in [4.69, 9.17) is 0 Å². The van der Waals surface area contributed by atoms with Gasteiger partial charge in [0.2, 0.25) is 5.91 Å². The molecule has 0 saturated carbocycles. The minimum atomic E-state index is 0. The molecule has 2 N–H and O–H groups in total. The molecule has 1 aliphatic rings. The van der Waals surface area contributed by atoms with E-state index in [1.54, 1.807) is 0 Å². The van der Waals surface area contributed by atoms with Crippen LogP contribution >= 0.6 is 12.4 Å². The highest BCUT2D eigenvalue weighted by molar-refractivity contribution is 5.85. The van der Waals surface area contributed by atoms with Gasteiger partial charge in [-0.25, -0.2) is 0 Å². The number of halogens is 1. The standard InChI is InChI=1S/C14H28N2O.ClH/c1-14(2,3)8-4-5-10-16-13(17)12-7-6-9-15-11-12;/h12,15H,4-11H2,1-3H3,(H,16,17);1H. The Morgan fingerprint density at radius 3 is 2.61 bits per heavy atom. The van der Waals surface area contributed by atoms with Crippen molar-refractivity contribution in [3.63, 3.8) is 0 Å². The molecule has 0 aromatic carbocycles. The minimum absolute atomic E-state index is 0. The fourth-order valence-electron chi connectivity index (χ4n) is 2.21. The predicted molar refractivity (Wildman–Crippen MR) is 79.2 cm³/mol. The Balaban J connectivity index is 0.00000289. The SMILES string of the molecule is CC(C)(C)CCCCNC(=O)C1CCCNC1.Cl. The quantitative estimate of drug-likeness (QED) is 0.758. The van der Waals surface area contributed by atoms with Crippen LogP contribution in [0.3, 0.4) is 0 Å². The topological polar surface area (TPSA) is 41.1 Å². The first kappa shape index (κ1) is 17.7. The number of carbonyl (C=O) groups excluding carboxylic acids is 1. The largest absolute Gasteiger partial charge is 0.356 e. The molecule has 3 nitrogen and oxygen atoms in total. The molecule has 1 rings (SSSR count). The maximum atomic E-state index is 11.8. The fraction of sp³-hybridized carbons (Fsp3) is 0.929. The second kappa shape index (κ2) is 8.76. The van der Waals surface area contributed by atoms with Crippen molar-refractivity contribution in [1.82, 2.24) is 10.6 Å². The van der Waals surface area contributed by atoms with Crippen LogP contribution < -0.4 is 10.6 Å². The lowest BCUT2D eigenvalue weighted by Crippen LogP contribution is -2.40. The monoisotopic (exact) mass is 276 g/mol. The van der Waals surface area contributed by atoms with Crippen molar-refractivity contribution in [2.24, 2.45) is 11.3 Å². The average Bonchev–Trinajstić information content (AvgIpc) is 2.28. The lowest BCUT2D eigenvalue weighted by Gasteiger charge is -2.22. The number of hydrogen-bond acceptors (Lipinski definition) is 2. The first-order chi connectivity index (χ1) is 7.99. The normalized spacial score (nSPS) is 20.1. The van der Waals surface area contributed by atoms with Gasteiger partial charge >= 0.3 is 0 Å². The van der Waals surface area contributed by atoms with Crippen molar-refractivity contribution in [3.8, 4) is 0 Å². The molecule has 4 heteroatoms. The van der Waals surface area contributed by atoms with Crippen LogP contribution in [0.1, 0.15) is 52.9 Å². The van der Waals surface area contributed by atoms with Crippen LogP contribution in [0.15, 0.2) is 0 Å². The zero-order chi connectivity index (χ0) is 12.7. The fourth-order valence-corrected chi connectivity index (χ4v) is 2.21. The molecule has 0 spiro atoms. The highest BCUT2D eigenvalue weighted by Gasteiger charge is 2.20. The van der Waals surface area contributed by atoms with Gasteiger partial charge in [-0.15, -0.1) is 12.4 Å². The van der Waals surface area contributed by atoms with E-state index in [1.165, 1.54) is 12.8 Å². The Morgan fingerprint density at radius 1 is 1.33 bits per heavy atom. The maximum Gasteiger partial charge on any atom is 0.224 e. The summed E-state index contributed by atoms with van der Waals surface area (Å²) in [6.45, 7) is 9.55. The van der Waals surface area contributed by atoms with Gasteiger partial charge in [0.1, 0.15) is 0 Å². The zero-order valence-corrected chi connectivity index (χ0v) is 12.9. The van der Waals surface area contributed by atoms with Crippen molar-refractivity contribution >= 4 is 18.3 Å². The molecule has 0 radical (unpaired) electrons. The molecule has 0 aromatic rings. The van der Waals surface area contributed by atoms with Gasteiger partial charge in [0.25, 0.3) is 0 Å². The van der Waals surface area contributed by atoms with Gasteiger partial charge in [0, 0.05) is 13.1 Å². The van der Waals surface area contributed by atoms with Gasteiger partial charge in [0.15, 0.2) is 0 Å².